The van der Waals surface area contributed by atoms with Crippen molar-refractivity contribution >= 4 is 22.6 Å². The van der Waals surface area contributed by atoms with Gasteiger partial charge in [-0.1, -0.05) is 24.3 Å². The molecule has 1 aromatic heterocycles. The number of hydrogen-bond donors (Lipinski definition) is 2. The first-order chi connectivity index (χ1) is 14.5. The number of aromatic amines is 1. The second-order valence-electron chi connectivity index (χ2n) is 6.99. The molecule has 6 nitrogen and oxygen atoms in total. The largest absolute Gasteiger partial charge is 0.502 e. The van der Waals surface area contributed by atoms with Gasteiger partial charge in [-0.3, -0.25) is 4.79 Å². The number of nitrogens with one attached hydrogen (secondary N) is 2. The number of aromatic nitrogens is 2. The number of fused-ring (bicyclic) bond motifs is 1. The van der Waals surface area contributed by atoms with Crippen molar-refractivity contribution in [2.75, 3.05) is 19.5 Å². The number of rotatable bonds is 8. The smallest absolute Gasteiger partial charge is 0.231 e. The summed E-state index contributed by atoms with van der Waals surface area (Å²) in [4.78, 5) is 20.8. The van der Waals surface area contributed by atoms with E-state index in [0.717, 1.165) is 22.4 Å². The molecule has 2 N–H and O–H groups in total. The van der Waals surface area contributed by atoms with Crippen molar-refractivity contribution in [3.63, 3.8) is 0 Å². The zero-order valence-electron chi connectivity index (χ0n) is 17.7. The normalized spacial score (nSPS) is 13.2. The number of para-hydroxylation sites is 3. The molecule has 1 unspecified atom stereocenters. The van der Waals surface area contributed by atoms with Crippen LogP contribution in [0.15, 0.2) is 72.2 Å². The van der Waals surface area contributed by atoms with Crippen LogP contribution in [0.25, 0.3) is 22.4 Å². The molecule has 0 bridgehead atoms. The summed E-state index contributed by atoms with van der Waals surface area (Å²) in [6.07, 6.45) is 4.29. The maximum absolute atomic E-state index is 12.8. The summed E-state index contributed by atoms with van der Waals surface area (Å²) in [5, 5.41) is 3.02. The van der Waals surface area contributed by atoms with Crippen LogP contribution < -0.4 is 5.32 Å². The van der Waals surface area contributed by atoms with Crippen LogP contribution in [0.4, 0.5) is 5.69 Å². The van der Waals surface area contributed by atoms with Gasteiger partial charge in [-0.15, -0.1) is 0 Å². The number of anilines is 1. The van der Waals surface area contributed by atoms with E-state index < -0.39 is 0 Å². The number of allylic oxidation sites excluding steroid dienone is 2. The van der Waals surface area contributed by atoms with Crippen molar-refractivity contribution in [1.29, 1.82) is 0 Å². The van der Waals surface area contributed by atoms with Gasteiger partial charge in [-0.2, -0.15) is 0 Å². The number of carbonyl (C=O) groups excluding carboxylic acids is 1. The van der Waals surface area contributed by atoms with Gasteiger partial charge in [-0.25, -0.2) is 4.98 Å². The fourth-order valence-electron chi connectivity index (χ4n) is 3.03. The molecule has 0 fully saturated rings. The van der Waals surface area contributed by atoms with Crippen LogP contribution in [-0.2, 0) is 14.3 Å². The molecule has 0 saturated carbocycles. The van der Waals surface area contributed by atoms with E-state index in [1.807, 2.05) is 74.5 Å². The number of H-pyrrole nitrogens is 1. The van der Waals surface area contributed by atoms with Crippen molar-refractivity contribution in [3.05, 3.63) is 72.2 Å². The number of ether oxygens (including phenoxy) is 2. The van der Waals surface area contributed by atoms with E-state index >= 15 is 0 Å². The van der Waals surface area contributed by atoms with Gasteiger partial charge in [0.25, 0.3) is 0 Å². The number of methoxy groups -OCH3 is 2. The summed E-state index contributed by atoms with van der Waals surface area (Å²) in [5.74, 6) is 1.72. The summed E-state index contributed by atoms with van der Waals surface area (Å²) in [7, 11) is 3.22. The Hall–Kier alpha value is -3.54. The quantitative estimate of drug-likeness (QED) is 0.500. The molecule has 1 amide bonds. The molecule has 6 heteroatoms. The number of nitrogens with zero attached hydrogens (tertiary/aromatic N) is 1. The van der Waals surface area contributed by atoms with Gasteiger partial charge in [0.1, 0.15) is 5.82 Å². The third-order valence-corrected chi connectivity index (χ3v) is 4.85. The second kappa shape index (κ2) is 9.78. The predicted octanol–water partition coefficient (Wildman–Crippen LogP) is 5.28. The first kappa shape index (κ1) is 21.2. The Morgan fingerprint density at radius 3 is 2.60 bits per heavy atom. The minimum Gasteiger partial charge on any atom is -0.502 e. The van der Waals surface area contributed by atoms with Crippen molar-refractivity contribution in [3.8, 4) is 11.4 Å². The molecule has 0 saturated heterocycles. The van der Waals surface area contributed by atoms with E-state index in [1.54, 1.807) is 14.2 Å². The van der Waals surface area contributed by atoms with E-state index in [0.29, 0.717) is 23.7 Å². The highest BCUT2D eigenvalue weighted by Gasteiger charge is 2.16. The molecule has 2 aromatic carbocycles. The second-order valence-corrected chi connectivity index (χ2v) is 6.99. The highest BCUT2D eigenvalue weighted by molar-refractivity contribution is 5.97. The monoisotopic (exact) mass is 405 g/mol. The highest BCUT2D eigenvalue weighted by atomic mass is 16.5. The molecule has 0 spiro atoms. The number of carbonyl (C=O) groups is 1. The fourth-order valence-corrected chi connectivity index (χ4v) is 3.03. The number of benzene rings is 2. The molecule has 1 heterocycles. The van der Waals surface area contributed by atoms with Crippen molar-refractivity contribution in [2.45, 2.75) is 20.3 Å². The van der Waals surface area contributed by atoms with Crippen molar-refractivity contribution in [2.24, 2.45) is 5.92 Å². The van der Waals surface area contributed by atoms with E-state index in [1.165, 1.54) is 0 Å². The lowest BCUT2D eigenvalue weighted by atomic mass is 10.1. The van der Waals surface area contributed by atoms with Crippen molar-refractivity contribution < 1.29 is 14.3 Å². The Kier molecular flexibility index (Phi) is 6.91. The molecule has 0 aliphatic heterocycles. The average molecular weight is 405 g/mol. The van der Waals surface area contributed by atoms with Gasteiger partial charge in [0.05, 0.1) is 48.4 Å². The molecule has 30 heavy (non-hydrogen) atoms. The summed E-state index contributed by atoms with van der Waals surface area (Å²) >= 11 is 0. The Bertz CT molecular complexity index is 1050. The number of amides is 1. The maximum Gasteiger partial charge on any atom is 0.231 e. The minimum atomic E-state index is -0.375. The van der Waals surface area contributed by atoms with E-state index in [9.17, 15) is 4.79 Å². The van der Waals surface area contributed by atoms with Crippen LogP contribution in [0.5, 0.6) is 0 Å². The van der Waals surface area contributed by atoms with Crippen LogP contribution in [0, 0.1) is 5.92 Å². The summed E-state index contributed by atoms with van der Waals surface area (Å²) in [6.45, 7) is 3.71. The molecule has 3 rings (SSSR count). The number of hydrogen-bond acceptors (Lipinski definition) is 4. The summed E-state index contributed by atoms with van der Waals surface area (Å²) in [6, 6.07) is 15.5. The Morgan fingerprint density at radius 2 is 1.87 bits per heavy atom. The molecule has 0 aliphatic rings. The Morgan fingerprint density at radius 1 is 1.13 bits per heavy atom. The lowest BCUT2D eigenvalue weighted by Crippen LogP contribution is -2.20. The van der Waals surface area contributed by atoms with Gasteiger partial charge in [0.15, 0.2) is 0 Å². The molecular formula is C24H27N3O3. The van der Waals surface area contributed by atoms with Crippen LogP contribution >= 0.6 is 0 Å². The van der Waals surface area contributed by atoms with Gasteiger partial charge in [0.2, 0.25) is 5.91 Å². The van der Waals surface area contributed by atoms with Gasteiger partial charge < -0.3 is 19.8 Å². The summed E-state index contributed by atoms with van der Waals surface area (Å²) in [5.41, 5.74) is 3.38. The third-order valence-electron chi connectivity index (χ3n) is 4.85. The van der Waals surface area contributed by atoms with Crippen molar-refractivity contribution in [1.82, 2.24) is 9.97 Å². The van der Waals surface area contributed by atoms with Crippen LogP contribution in [0.2, 0.25) is 0 Å². The average Bonchev–Trinajstić information content (AvgIpc) is 3.20. The zero-order chi connectivity index (χ0) is 21.5. The molecular weight excluding hydrogens is 378 g/mol. The summed E-state index contributed by atoms with van der Waals surface area (Å²) < 4.78 is 10.6. The lowest BCUT2D eigenvalue weighted by Gasteiger charge is -2.13. The van der Waals surface area contributed by atoms with Crippen LogP contribution in [-0.4, -0.2) is 30.1 Å². The highest BCUT2D eigenvalue weighted by Crippen LogP contribution is 2.28. The third kappa shape index (κ3) is 5.08. The molecule has 156 valence electrons. The molecule has 0 aliphatic carbocycles. The first-order valence-corrected chi connectivity index (χ1v) is 9.82. The van der Waals surface area contributed by atoms with E-state index in [4.69, 9.17) is 9.47 Å². The Labute approximate surface area is 176 Å². The molecule has 0 radical (unpaired) electrons. The SMILES string of the molecule is CO/C(C)=C/C/C(=C\C(C)C(=O)Nc1ccccc1-c1nc2ccccc2[nH]1)OC. The Balaban J connectivity index is 1.79. The van der Waals surface area contributed by atoms with Gasteiger partial charge in [-0.05, 0) is 50.3 Å². The topological polar surface area (TPSA) is 76.2 Å². The van der Waals surface area contributed by atoms with Gasteiger partial charge in [0, 0.05) is 12.0 Å². The maximum atomic E-state index is 12.8. The number of imidazole rings is 1. The van der Waals surface area contributed by atoms with E-state index in [-0.39, 0.29) is 11.8 Å². The molecule has 3 aromatic rings. The fraction of sp³-hybridized carbons (Fsp3) is 0.250. The van der Waals surface area contributed by atoms with E-state index in [2.05, 4.69) is 15.3 Å². The lowest BCUT2D eigenvalue weighted by molar-refractivity contribution is -0.118. The molecule has 1 atom stereocenters. The standard InChI is InChI=1S/C24H27N3O3/c1-16(15-18(30-4)14-13-17(2)29-3)24(28)27-20-10-6-5-9-19(20)23-25-21-11-7-8-12-22(21)26-23/h5-13,15-16H,14H2,1-4H3,(H,25,26)(H,27,28)/b17-13+,18-15+. The zero-order valence-corrected chi connectivity index (χ0v) is 17.7. The first-order valence-electron chi connectivity index (χ1n) is 9.82. The van der Waals surface area contributed by atoms with Crippen LogP contribution in [0.1, 0.15) is 20.3 Å². The van der Waals surface area contributed by atoms with Crippen LogP contribution in [0.3, 0.4) is 0 Å². The van der Waals surface area contributed by atoms with Gasteiger partial charge >= 0.3 is 0 Å². The predicted molar refractivity (Wildman–Crippen MR) is 120 cm³/mol. The minimum absolute atomic E-state index is 0.124.